The number of hydrogen-bond donors (Lipinski definition) is 0. The van der Waals surface area contributed by atoms with Gasteiger partial charge >= 0.3 is 0 Å². The van der Waals surface area contributed by atoms with Crippen molar-refractivity contribution in [1.29, 1.82) is 10.5 Å². The molecule has 3 nitrogen and oxygen atoms in total. The van der Waals surface area contributed by atoms with Gasteiger partial charge in [-0.05, 0) is 50.2 Å². The van der Waals surface area contributed by atoms with E-state index in [4.69, 9.17) is 0 Å². The van der Waals surface area contributed by atoms with E-state index in [0.717, 1.165) is 21.8 Å². The van der Waals surface area contributed by atoms with Gasteiger partial charge in [0.15, 0.2) is 0 Å². The maximum absolute atomic E-state index is 9.60. The van der Waals surface area contributed by atoms with Gasteiger partial charge in [-0.2, -0.15) is 10.5 Å². The van der Waals surface area contributed by atoms with Crippen LogP contribution in [0.15, 0.2) is 54.6 Å². The molecule has 1 heterocycles. The first-order valence-corrected chi connectivity index (χ1v) is 8.09. The van der Waals surface area contributed by atoms with Gasteiger partial charge in [0.2, 0.25) is 0 Å². The molecule has 4 rings (SSSR count). The summed E-state index contributed by atoms with van der Waals surface area (Å²) in [7, 11) is 0. The van der Waals surface area contributed by atoms with Gasteiger partial charge in [-0.3, -0.25) is 0 Å². The third-order valence-electron chi connectivity index (χ3n) is 4.58. The van der Waals surface area contributed by atoms with Crippen molar-refractivity contribution in [2.24, 2.45) is 0 Å². The zero-order chi connectivity index (χ0) is 17.6. The van der Waals surface area contributed by atoms with E-state index >= 15 is 0 Å². The summed E-state index contributed by atoms with van der Waals surface area (Å²) >= 11 is 0. The molecular formula is C22H15N3. The Morgan fingerprint density at radius 1 is 0.720 bits per heavy atom. The van der Waals surface area contributed by atoms with Gasteiger partial charge in [0.25, 0.3) is 0 Å². The van der Waals surface area contributed by atoms with Gasteiger partial charge in [0.05, 0.1) is 27.8 Å². The fourth-order valence-corrected chi connectivity index (χ4v) is 3.46. The van der Waals surface area contributed by atoms with E-state index < -0.39 is 0 Å². The number of nitrogens with zero attached hydrogens (tertiary/aromatic N) is 3. The molecule has 0 N–H and O–H groups in total. The quantitative estimate of drug-likeness (QED) is 0.487. The molecule has 0 saturated heterocycles. The van der Waals surface area contributed by atoms with Crippen molar-refractivity contribution < 1.29 is 0 Å². The standard InChI is InChI=1S/C22H15N3/c1-14-6-8-20-18(10-14)19-11-15(2)7-9-21(19)25(20)22-16(12-23)4-3-5-17(22)13-24/h3-11H,1-2H3. The molecule has 0 fully saturated rings. The van der Waals surface area contributed by atoms with Crippen LogP contribution in [0, 0.1) is 36.5 Å². The average Bonchev–Trinajstić information content (AvgIpc) is 2.93. The number of rotatable bonds is 1. The molecule has 0 aliphatic carbocycles. The molecule has 0 spiro atoms. The number of benzene rings is 3. The van der Waals surface area contributed by atoms with Crippen LogP contribution in [0.1, 0.15) is 22.3 Å². The van der Waals surface area contributed by atoms with Crippen LogP contribution in [-0.4, -0.2) is 4.57 Å². The molecule has 4 aromatic rings. The zero-order valence-electron chi connectivity index (χ0n) is 14.0. The second-order valence-corrected chi connectivity index (χ2v) is 6.30. The maximum atomic E-state index is 9.60. The fourth-order valence-electron chi connectivity index (χ4n) is 3.46. The summed E-state index contributed by atoms with van der Waals surface area (Å²) in [6.07, 6.45) is 0. The summed E-state index contributed by atoms with van der Waals surface area (Å²) in [5.74, 6) is 0. The Balaban J connectivity index is 2.28. The first-order valence-electron chi connectivity index (χ1n) is 8.09. The van der Waals surface area contributed by atoms with Crippen LogP contribution < -0.4 is 0 Å². The van der Waals surface area contributed by atoms with Crippen molar-refractivity contribution in [3.8, 4) is 17.8 Å². The number of fused-ring (bicyclic) bond motifs is 3. The lowest BCUT2D eigenvalue weighted by Crippen LogP contribution is -2.01. The number of aryl methyl sites for hydroxylation is 2. The monoisotopic (exact) mass is 321 g/mol. The molecule has 0 unspecified atom stereocenters. The Morgan fingerprint density at radius 3 is 1.64 bits per heavy atom. The normalized spacial score (nSPS) is 10.7. The van der Waals surface area contributed by atoms with Gasteiger partial charge in [-0.25, -0.2) is 0 Å². The van der Waals surface area contributed by atoms with Crippen LogP contribution in [0.3, 0.4) is 0 Å². The van der Waals surface area contributed by atoms with E-state index in [1.54, 1.807) is 18.2 Å². The predicted octanol–water partition coefficient (Wildman–Crippen LogP) is 5.14. The van der Waals surface area contributed by atoms with Crippen LogP contribution in [-0.2, 0) is 0 Å². The summed E-state index contributed by atoms with van der Waals surface area (Å²) in [6.45, 7) is 4.14. The highest BCUT2D eigenvalue weighted by Crippen LogP contribution is 2.35. The molecule has 0 amide bonds. The minimum absolute atomic E-state index is 0.499. The topological polar surface area (TPSA) is 52.5 Å². The van der Waals surface area contributed by atoms with Crippen LogP contribution in [0.25, 0.3) is 27.5 Å². The predicted molar refractivity (Wildman–Crippen MR) is 99.7 cm³/mol. The second-order valence-electron chi connectivity index (χ2n) is 6.30. The Labute approximate surface area is 146 Å². The average molecular weight is 321 g/mol. The number of para-hydroxylation sites is 1. The second kappa shape index (κ2) is 5.51. The SMILES string of the molecule is Cc1ccc2c(c1)c1cc(C)ccc1n2-c1c(C#N)cccc1C#N. The summed E-state index contributed by atoms with van der Waals surface area (Å²) in [6, 6.07) is 22.3. The lowest BCUT2D eigenvalue weighted by molar-refractivity contribution is 1.15. The first-order chi connectivity index (χ1) is 12.1. The van der Waals surface area contributed by atoms with Crippen LogP contribution in [0.2, 0.25) is 0 Å². The lowest BCUT2D eigenvalue weighted by Gasteiger charge is -2.11. The van der Waals surface area contributed by atoms with E-state index in [-0.39, 0.29) is 0 Å². The van der Waals surface area contributed by atoms with E-state index in [1.165, 1.54) is 11.1 Å². The third kappa shape index (κ3) is 2.18. The Kier molecular flexibility index (Phi) is 3.31. The van der Waals surface area contributed by atoms with Crippen LogP contribution >= 0.6 is 0 Å². The highest BCUT2D eigenvalue weighted by atomic mass is 15.0. The largest absolute Gasteiger partial charge is 0.307 e. The van der Waals surface area contributed by atoms with Gasteiger partial charge < -0.3 is 4.57 Å². The highest BCUT2D eigenvalue weighted by molar-refractivity contribution is 6.10. The van der Waals surface area contributed by atoms with Gasteiger partial charge in [0.1, 0.15) is 12.1 Å². The Bertz CT molecular complexity index is 1140. The van der Waals surface area contributed by atoms with E-state index in [1.807, 2.05) is 4.57 Å². The highest BCUT2D eigenvalue weighted by Gasteiger charge is 2.17. The van der Waals surface area contributed by atoms with Gasteiger partial charge in [0, 0.05) is 10.8 Å². The van der Waals surface area contributed by atoms with Crippen molar-refractivity contribution in [2.75, 3.05) is 0 Å². The van der Waals surface area contributed by atoms with Crippen molar-refractivity contribution >= 4 is 21.8 Å². The van der Waals surface area contributed by atoms with E-state index in [0.29, 0.717) is 16.8 Å². The van der Waals surface area contributed by atoms with Gasteiger partial charge in [-0.1, -0.05) is 29.3 Å². The molecular weight excluding hydrogens is 306 g/mol. The summed E-state index contributed by atoms with van der Waals surface area (Å²) in [5.41, 5.74) is 6.03. The van der Waals surface area contributed by atoms with Crippen molar-refractivity contribution in [2.45, 2.75) is 13.8 Å². The number of aromatic nitrogens is 1. The number of nitriles is 2. The summed E-state index contributed by atoms with van der Waals surface area (Å²) in [4.78, 5) is 0. The molecule has 25 heavy (non-hydrogen) atoms. The van der Waals surface area contributed by atoms with Gasteiger partial charge in [-0.15, -0.1) is 0 Å². The van der Waals surface area contributed by atoms with Crippen LogP contribution in [0.5, 0.6) is 0 Å². The summed E-state index contributed by atoms with van der Waals surface area (Å²) < 4.78 is 2.04. The minimum atomic E-state index is 0.499. The minimum Gasteiger partial charge on any atom is -0.307 e. The summed E-state index contributed by atoms with van der Waals surface area (Å²) in [5, 5.41) is 21.5. The third-order valence-corrected chi connectivity index (χ3v) is 4.58. The molecule has 118 valence electrons. The molecule has 0 bridgehead atoms. The first kappa shape index (κ1) is 15.0. The van der Waals surface area contributed by atoms with Crippen molar-refractivity contribution in [3.05, 3.63) is 76.9 Å². The number of hydrogen-bond acceptors (Lipinski definition) is 2. The molecule has 0 atom stereocenters. The van der Waals surface area contributed by atoms with E-state index in [9.17, 15) is 10.5 Å². The molecule has 3 heteroatoms. The molecule has 0 aliphatic heterocycles. The molecule has 0 aliphatic rings. The van der Waals surface area contributed by atoms with Crippen molar-refractivity contribution in [3.63, 3.8) is 0 Å². The Morgan fingerprint density at radius 2 is 1.20 bits per heavy atom. The van der Waals surface area contributed by atoms with E-state index in [2.05, 4.69) is 62.4 Å². The fraction of sp³-hybridized carbons (Fsp3) is 0.0909. The van der Waals surface area contributed by atoms with Crippen molar-refractivity contribution in [1.82, 2.24) is 4.57 Å². The maximum Gasteiger partial charge on any atom is 0.101 e. The molecule has 1 aromatic heterocycles. The zero-order valence-corrected chi connectivity index (χ0v) is 14.0. The smallest absolute Gasteiger partial charge is 0.101 e. The molecule has 0 saturated carbocycles. The molecule has 3 aromatic carbocycles. The van der Waals surface area contributed by atoms with Crippen LogP contribution in [0.4, 0.5) is 0 Å². The Hall–Kier alpha value is -3.56. The molecule has 0 radical (unpaired) electrons. The lowest BCUT2D eigenvalue weighted by atomic mass is 10.1.